The van der Waals surface area contributed by atoms with E-state index in [1.54, 1.807) is 11.3 Å². The van der Waals surface area contributed by atoms with Crippen molar-refractivity contribution in [2.75, 3.05) is 26.7 Å². The Labute approximate surface area is 195 Å². The zero-order valence-corrected chi connectivity index (χ0v) is 19.8. The summed E-state index contributed by atoms with van der Waals surface area (Å²) in [6.45, 7) is 3.82. The second kappa shape index (κ2) is 9.91. The maximum absolute atomic E-state index is 12.7. The molecule has 0 radical (unpaired) electrons. The number of carbonyl (C=O) groups is 3. The Balaban J connectivity index is 1.42. The van der Waals surface area contributed by atoms with Gasteiger partial charge in [-0.2, -0.15) is 11.3 Å². The van der Waals surface area contributed by atoms with Gasteiger partial charge < -0.3 is 19.9 Å². The summed E-state index contributed by atoms with van der Waals surface area (Å²) in [7, 11) is 1.37. The van der Waals surface area contributed by atoms with Crippen LogP contribution >= 0.6 is 23.1 Å². The Bertz CT molecular complexity index is 1000. The summed E-state index contributed by atoms with van der Waals surface area (Å²) in [4.78, 5) is 45.4. The number of carbonyl (C=O) groups excluding carboxylic acids is 3. The van der Waals surface area contributed by atoms with Gasteiger partial charge in [-0.05, 0) is 47.6 Å². The van der Waals surface area contributed by atoms with Gasteiger partial charge in [0.15, 0.2) is 5.17 Å². The van der Waals surface area contributed by atoms with E-state index in [9.17, 15) is 14.4 Å². The molecular weight excluding hydrogens is 448 g/mol. The van der Waals surface area contributed by atoms with Crippen LogP contribution in [0.5, 0.6) is 0 Å². The predicted molar refractivity (Wildman–Crippen MR) is 125 cm³/mol. The van der Waals surface area contributed by atoms with E-state index in [4.69, 9.17) is 4.74 Å². The third-order valence-corrected chi connectivity index (χ3v) is 7.30. The Hall–Kier alpha value is -2.59. The molecule has 0 saturated carbocycles. The number of allylic oxidation sites excluding steroid dienone is 1. The molecule has 0 unspecified atom stereocenters. The molecule has 4 heterocycles. The van der Waals surface area contributed by atoms with Gasteiger partial charge in [-0.3, -0.25) is 9.59 Å². The first-order valence-corrected chi connectivity index (χ1v) is 12.4. The van der Waals surface area contributed by atoms with Crippen molar-refractivity contribution in [1.82, 2.24) is 15.1 Å². The third-order valence-electron chi connectivity index (χ3n) is 5.70. The summed E-state index contributed by atoms with van der Waals surface area (Å²) in [6.07, 6.45) is 2.46. The SMILES string of the molecule is COC(=O)C1=C(C)N=C2SC=C(CC(=O)NCCCN3CCCC3=O)N2[C@@H]1c1ccsc1. The highest BCUT2D eigenvalue weighted by Crippen LogP contribution is 2.45. The highest BCUT2D eigenvalue weighted by Gasteiger charge is 2.41. The van der Waals surface area contributed by atoms with Crippen molar-refractivity contribution in [3.8, 4) is 0 Å². The second-order valence-electron chi connectivity index (χ2n) is 7.81. The van der Waals surface area contributed by atoms with Crippen LogP contribution in [0.4, 0.5) is 0 Å². The fraction of sp³-hybridized carbons (Fsp3) is 0.455. The van der Waals surface area contributed by atoms with Crippen molar-refractivity contribution in [3.05, 3.63) is 44.8 Å². The molecule has 3 aliphatic heterocycles. The van der Waals surface area contributed by atoms with Gasteiger partial charge >= 0.3 is 5.97 Å². The number of rotatable bonds is 8. The fourth-order valence-corrected chi connectivity index (χ4v) is 5.79. The number of hydrogen-bond acceptors (Lipinski definition) is 8. The fourth-order valence-electron chi connectivity index (χ4n) is 4.15. The number of thioether (sulfide) groups is 1. The van der Waals surface area contributed by atoms with Crippen molar-refractivity contribution < 1.29 is 19.1 Å². The van der Waals surface area contributed by atoms with Crippen molar-refractivity contribution in [3.63, 3.8) is 0 Å². The van der Waals surface area contributed by atoms with E-state index < -0.39 is 5.97 Å². The Morgan fingerprint density at radius 1 is 1.38 bits per heavy atom. The lowest BCUT2D eigenvalue weighted by Gasteiger charge is -2.35. The number of ether oxygens (including phenoxy) is 1. The number of esters is 1. The van der Waals surface area contributed by atoms with E-state index >= 15 is 0 Å². The van der Waals surface area contributed by atoms with E-state index in [1.165, 1.54) is 18.9 Å². The number of hydrogen-bond donors (Lipinski definition) is 1. The van der Waals surface area contributed by atoms with Crippen LogP contribution in [-0.4, -0.2) is 59.5 Å². The molecule has 4 rings (SSSR count). The summed E-state index contributed by atoms with van der Waals surface area (Å²) in [5.41, 5.74) is 2.87. The molecule has 32 heavy (non-hydrogen) atoms. The van der Waals surface area contributed by atoms with Crippen LogP contribution in [-0.2, 0) is 19.1 Å². The quantitative estimate of drug-likeness (QED) is 0.460. The summed E-state index contributed by atoms with van der Waals surface area (Å²) >= 11 is 3.01. The number of methoxy groups -OCH3 is 1. The van der Waals surface area contributed by atoms with Crippen LogP contribution in [0.3, 0.4) is 0 Å². The number of likely N-dealkylation sites (tertiary alicyclic amines) is 1. The molecule has 1 N–H and O–H groups in total. The number of thiophene rings is 1. The Morgan fingerprint density at radius 2 is 2.22 bits per heavy atom. The first-order valence-electron chi connectivity index (χ1n) is 10.6. The van der Waals surface area contributed by atoms with Crippen molar-refractivity contribution in [2.24, 2.45) is 4.99 Å². The minimum atomic E-state index is -0.418. The molecule has 2 amide bonds. The zero-order valence-electron chi connectivity index (χ0n) is 18.1. The highest BCUT2D eigenvalue weighted by atomic mass is 32.2. The molecule has 1 fully saturated rings. The van der Waals surface area contributed by atoms with Crippen molar-refractivity contribution in [1.29, 1.82) is 0 Å². The van der Waals surface area contributed by atoms with Crippen LogP contribution in [0.2, 0.25) is 0 Å². The summed E-state index contributed by atoms with van der Waals surface area (Å²) in [6, 6.07) is 1.60. The molecule has 0 bridgehead atoms. The lowest BCUT2D eigenvalue weighted by Crippen LogP contribution is -2.38. The van der Waals surface area contributed by atoms with Crippen LogP contribution in [0.1, 0.15) is 44.2 Å². The van der Waals surface area contributed by atoms with Crippen LogP contribution in [0.25, 0.3) is 0 Å². The Morgan fingerprint density at radius 3 is 2.91 bits per heavy atom. The minimum absolute atomic E-state index is 0.0965. The summed E-state index contributed by atoms with van der Waals surface area (Å²) < 4.78 is 5.05. The van der Waals surface area contributed by atoms with Gasteiger partial charge in [0.2, 0.25) is 11.8 Å². The third kappa shape index (κ3) is 4.61. The number of amidine groups is 1. The van der Waals surface area contributed by atoms with Crippen LogP contribution in [0, 0.1) is 0 Å². The number of aliphatic imine (C=N–C) groups is 1. The van der Waals surface area contributed by atoms with Gasteiger partial charge in [-0.1, -0.05) is 11.8 Å². The predicted octanol–water partition coefficient (Wildman–Crippen LogP) is 3.01. The van der Waals surface area contributed by atoms with Crippen molar-refractivity contribution >= 4 is 46.0 Å². The molecule has 1 aromatic heterocycles. The summed E-state index contributed by atoms with van der Waals surface area (Å²) in [5.74, 6) is -0.315. The average Bonchev–Trinajstić information content (AvgIpc) is 3.52. The molecule has 8 nitrogen and oxygen atoms in total. The maximum Gasteiger partial charge on any atom is 0.338 e. The van der Waals surface area contributed by atoms with E-state index in [0.29, 0.717) is 30.8 Å². The first-order chi connectivity index (χ1) is 15.5. The molecule has 1 atom stereocenters. The second-order valence-corrected chi connectivity index (χ2v) is 9.42. The first kappa shape index (κ1) is 22.6. The molecule has 3 aliphatic rings. The number of fused-ring (bicyclic) bond motifs is 1. The summed E-state index contributed by atoms with van der Waals surface area (Å²) in [5, 5.41) is 9.60. The molecule has 1 aromatic rings. The van der Waals surface area contributed by atoms with E-state index in [0.717, 1.165) is 35.8 Å². The number of amides is 2. The van der Waals surface area contributed by atoms with Gasteiger partial charge in [0.05, 0.1) is 30.8 Å². The van der Waals surface area contributed by atoms with E-state index in [-0.39, 0.29) is 24.3 Å². The number of nitrogens with one attached hydrogen (secondary N) is 1. The van der Waals surface area contributed by atoms with Crippen molar-refractivity contribution in [2.45, 2.75) is 38.6 Å². The molecule has 170 valence electrons. The highest BCUT2D eigenvalue weighted by molar-refractivity contribution is 8.16. The van der Waals surface area contributed by atoms with Crippen LogP contribution in [0.15, 0.2) is 44.2 Å². The molecule has 0 aliphatic carbocycles. The molecule has 0 aromatic carbocycles. The molecular formula is C22H26N4O4S2. The van der Waals surface area contributed by atoms with Gasteiger partial charge in [-0.25, -0.2) is 9.79 Å². The topological polar surface area (TPSA) is 91.3 Å². The lowest BCUT2D eigenvalue weighted by molar-refractivity contribution is -0.136. The Kier molecular flexibility index (Phi) is 7.00. The lowest BCUT2D eigenvalue weighted by atomic mass is 9.96. The zero-order chi connectivity index (χ0) is 22.7. The molecule has 0 spiro atoms. The number of nitrogens with zero attached hydrogens (tertiary/aromatic N) is 3. The maximum atomic E-state index is 12.7. The van der Waals surface area contributed by atoms with Gasteiger partial charge in [-0.15, -0.1) is 0 Å². The standard InChI is InChI=1S/C22H26N4O4S2/c1-14-19(21(29)30-2)20(15-6-10-31-12-15)26-16(13-32-22(26)24-14)11-17(27)23-7-4-9-25-8-3-5-18(25)28/h6,10,12-13,20H,3-5,7-9,11H2,1-2H3,(H,23,27)/t20-/m1/s1. The average molecular weight is 475 g/mol. The smallest absolute Gasteiger partial charge is 0.338 e. The van der Waals surface area contributed by atoms with Gasteiger partial charge in [0.25, 0.3) is 0 Å². The largest absolute Gasteiger partial charge is 0.466 e. The van der Waals surface area contributed by atoms with E-state index in [2.05, 4.69) is 10.3 Å². The van der Waals surface area contributed by atoms with Gasteiger partial charge in [0, 0.05) is 31.8 Å². The molecule has 1 saturated heterocycles. The van der Waals surface area contributed by atoms with E-state index in [1.807, 2.05) is 39.0 Å². The normalized spacial score (nSPS) is 20.3. The molecule has 10 heteroatoms. The van der Waals surface area contributed by atoms with Gasteiger partial charge in [0.1, 0.15) is 0 Å². The van der Waals surface area contributed by atoms with Crippen LogP contribution < -0.4 is 5.32 Å². The minimum Gasteiger partial charge on any atom is -0.466 e. The monoisotopic (exact) mass is 474 g/mol.